The van der Waals surface area contributed by atoms with Crippen LogP contribution in [0.1, 0.15) is 22.6 Å². The van der Waals surface area contributed by atoms with Gasteiger partial charge in [-0.1, -0.05) is 6.07 Å². The van der Waals surface area contributed by atoms with Crippen LogP contribution in [0.5, 0.6) is 0 Å². The van der Waals surface area contributed by atoms with Gasteiger partial charge in [-0.3, -0.25) is 0 Å². The number of aryl methyl sites for hydroxylation is 1. The van der Waals surface area contributed by atoms with Crippen molar-refractivity contribution >= 4 is 11.5 Å². The van der Waals surface area contributed by atoms with Crippen LogP contribution in [0.3, 0.4) is 0 Å². The molecule has 0 spiro atoms. The van der Waals surface area contributed by atoms with Gasteiger partial charge in [0.1, 0.15) is 11.6 Å². The SMILES string of the molecule is Cc1nc2c(c(Nc3cccc(C#N)c3)n1)CNCC2. The first-order chi connectivity index (χ1) is 9.76. The monoisotopic (exact) mass is 265 g/mol. The van der Waals surface area contributed by atoms with Gasteiger partial charge in [-0.2, -0.15) is 5.26 Å². The van der Waals surface area contributed by atoms with E-state index >= 15 is 0 Å². The fraction of sp³-hybridized carbons (Fsp3) is 0.267. The van der Waals surface area contributed by atoms with Crippen molar-refractivity contribution in [2.75, 3.05) is 11.9 Å². The third kappa shape index (κ3) is 2.46. The van der Waals surface area contributed by atoms with Crippen molar-refractivity contribution in [3.8, 4) is 6.07 Å². The molecular formula is C15H15N5. The van der Waals surface area contributed by atoms with Crippen LogP contribution >= 0.6 is 0 Å². The highest BCUT2D eigenvalue weighted by Crippen LogP contribution is 2.23. The normalized spacial score (nSPS) is 13.4. The zero-order valence-electron chi connectivity index (χ0n) is 11.3. The minimum absolute atomic E-state index is 0.632. The zero-order valence-corrected chi connectivity index (χ0v) is 11.3. The van der Waals surface area contributed by atoms with Gasteiger partial charge in [0, 0.05) is 30.8 Å². The lowest BCUT2D eigenvalue weighted by atomic mass is 10.1. The number of benzene rings is 1. The Kier molecular flexibility index (Phi) is 3.32. The molecule has 3 rings (SSSR count). The summed E-state index contributed by atoms with van der Waals surface area (Å²) in [6.45, 7) is 3.63. The first kappa shape index (κ1) is 12.6. The Morgan fingerprint density at radius 3 is 3.10 bits per heavy atom. The van der Waals surface area contributed by atoms with Gasteiger partial charge in [0.25, 0.3) is 0 Å². The molecule has 0 bridgehead atoms. The molecule has 2 heterocycles. The van der Waals surface area contributed by atoms with E-state index in [1.165, 1.54) is 0 Å². The standard InChI is InChI=1S/C15H15N5/c1-10-18-14-5-6-17-9-13(14)15(19-10)20-12-4-2-3-11(7-12)8-16/h2-4,7,17H,5-6,9H2,1H3,(H,18,19,20). The Bertz CT molecular complexity index is 687. The van der Waals surface area contributed by atoms with E-state index in [2.05, 4.69) is 26.7 Å². The second kappa shape index (κ2) is 5.27. The number of nitrogens with zero attached hydrogens (tertiary/aromatic N) is 3. The average molecular weight is 265 g/mol. The molecule has 0 aliphatic carbocycles. The van der Waals surface area contributed by atoms with E-state index in [1.807, 2.05) is 25.1 Å². The number of rotatable bonds is 2. The van der Waals surface area contributed by atoms with Crippen LogP contribution in [0, 0.1) is 18.3 Å². The fourth-order valence-electron chi connectivity index (χ4n) is 2.37. The van der Waals surface area contributed by atoms with Crippen LogP contribution in [-0.4, -0.2) is 16.5 Å². The third-order valence-corrected chi connectivity index (χ3v) is 3.30. The summed E-state index contributed by atoms with van der Waals surface area (Å²) in [6, 6.07) is 9.54. The molecule has 0 saturated heterocycles. The van der Waals surface area contributed by atoms with E-state index in [-0.39, 0.29) is 0 Å². The number of nitriles is 1. The molecule has 0 amide bonds. The molecule has 0 saturated carbocycles. The van der Waals surface area contributed by atoms with Gasteiger partial charge in [-0.15, -0.1) is 0 Å². The second-order valence-electron chi connectivity index (χ2n) is 4.79. The topological polar surface area (TPSA) is 73.6 Å². The number of aromatic nitrogens is 2. The number of hydrogen-bond acceptors (Lipinski definition) is 5. The first-order valence-electron chi connectivity index (χ1n) is 6.60. The van der Waals surface area contributed by atoms with Crippen molar-refractivity contribution in [1.82, 2.24) is 15.3 Å². The molecule has 0 atom stereocenters. The van der Waals surface area contributed by atoms with Crippen molar-refractivity contribution in [3.05, 3.63) is 46.9 Å². The molecule has 2 aromatic rings. The minimum atomic E-state index is 0.632. The lowest BCUT2D eigenvalue weighted by Gasteiger charge is -2.20. The summed E-state index contributed by atoms with van der Waals surface area (Å²) in [7, 11) is 0. The quantitative estimate of drug-likeness (QED) is 0.869. The molecule has 1 aromatic carbocycles. The van der Waals surface area contributed by atoms with Crippen LogP contribution in [0.4, 0.5) is 11.5 Å². The number of nitrogens with one attached hydrogen (secondary N) is 2. The minimum Gasteiger partial charge on any atom is -0.340 e. The zero-order chi connectivity index (χ0) is 13.9. The predicted molar refractivity (Wildman–Crippen MR) is 76.6 cm³/mol. The number of hydrogen-bond donors (Lipinski definition) is 2. The smallest absolute Gasteiger partial charge is 0.138 e. The lowest BCUT2D eigenvalue weighted by Crippen LogP contribution is -2.26. The lowest BCUT2D eigenvalue weighted by molar-refractivity contribution is 0.625. The fourth-order valence-corrected chi connectivity index (χ4v) is 2.37. The Labute approximate surface area is 117 Å². The molecule has 5 heteroatoms. The molecule has 0 unspecified atom stereocenters. The Hall–Kier alpha value is -2.45. The highest BCUT2D eigenvalue weighted by atomic mass is 15.1. The highest BCUT2D eigenvalue weighted by Gasteiger charge is 2.16. The molecule has 1 aliphatic heterocycles. The Balaban J connectivity index is 1.98. The number of anilines is 2. The maximum Gasteiger partial charge on any atom is 0.138 e. The molecule has 0 fully saturated rings. The van der Waals surface area contributed by atoms with Gasteiger partial charge < -0.3 is 10.6 Å². The molecule has 1 aromatic heterocycles. The third-order valence-electron chi connectivity index (χ3n) is 3.30. The van der Waals surface area contributed by atoms with Gasteiger partial charge >= 0.3 is 0 Å². The number of fused-ring (bicyclic) bond motifs is 1. The molecule has 2 N–H and O–H groups in total. The largest absolute Gasteiger partial charge is 0.340 e. The van der Waals surface area contributed by atoms with Crippen molar-refractivity contribution < 1.29 is 0 Å². The van der Waals surface area contributed by atoms with Crippen molar-refractivity contribution in [1.29, 1.82) is 5.26 Å². The summed E-state index contributed by atoms with van der Waals surface area (Å²) in [5.41, 5.74) is 3.72. The van der Waals surface area contributed by atoms with E-state index in [9.17, 15) is 0 Å². The van der Waals surface area contributed by atoms with E-state index in [0.717, 1.165) is 48.1 Å². The van der Waals surface area contributed by atoms with Crippen molar-refractivity contribution in [2.45, 2.75) is 19.9 Å². The van der Waals surface area contributed by atoms with Crippen LogP contribution in [-0.2, 0) is 13.0 Å². The molecule has 0 radical (unpaired) electrons. The summed E-state index contributed by atoms with van der Waals surface area (Å²) in [4.78, 5) is 9.00. The second-order valence-corrected chi connectivity index (χ2v) is 4.79. The van der Waals surface area contributed by atoms with Gasteiger partial charge in [0.2, 0.25) is 0 Å². The highest BCUT2D eigenvalue weighted by molar-refractivity contribution is 5.62. The Morgan fingerprint density at radius 1 is 1.35 bits per heavy atom. The van der Waals surface area contributed by atoms with E-state index in [4.69, 9.17) is 5.26 Å². The predicted octanol–water partition coefficient (Wildman–Crippen LogP) is 2.05. The van der Waals surface area contributed by atoms with Crippen LogP contribution in [0.25, 0.3) is 0 Å². The molecule has 100 valence electrons. The van der Waals surface area contributed by atoms with Gasteiger partial charge in [0.15, 0.2) is 0 Å². The summed E-state index contributed by atoms with van der Waals surface area (Å²) in [6.07, 6.45) is 0.922. The van der Waals surface area contributed by atoms with E-state index < -0.39 is 0 Å². The van der Waals surface area contributed by atoms with Crippen molar-refractivity contribution in [2.24, 2.45) is 0 Å². The summed E-state index contributed by atoms with van der Waals surface area (Å²) in [5, 5.41) is 15.6. The van der Waals surface area contributed by atoms with Crippen molar-refractivity contribution in [3.63, 3.8) is 0 Å². The summed E-state index contributed by atoms with van der Waals surface area (Å²) >= 11 is 0. The molecular weight excluding hydrogens is 250 g/mol. The van der Waals surface area contributed by atoms with E-state index in [0.29, 0.717) is 5.56 Å². The van der Waals surface area contributed by atoms with Crippen LogP contribution < -0.4 is 10.6 Å². The average Bonchev–Trinajstić information content (AvgIpc) is 2.47. The maximum atomic E-state index is 8.95. The molecule has 20 heavy (non-hydrogen) atoms. The summed E-state index contributed by atoms with van der Waals surface area (Å²) < 4.78 is 0. The molecule has 5 nitrogen and oxygen atoms in total. The van der Waals surface area contributed by atoms with E-state index in [1.54, 1.807) is 6.07 Å². The maximum absolute atomic E-state index is 8.95. The van der Waals surface area contributed by atoms with Crippen LogP contribution in [0.15, 0.2) is 24.3 Å². The van der Waals surface area contributed by atoms with Gasteiger partial charge in [-0.05, 0) is 25.1 Å². The van der Waals surface area contributed by atoms with Gasteiger partial charge in [-0.25, -0.2) is 9.97 Å². The van der Waals surface area contributed by atoms with Crippen LogP contribution in [0.2, 0.25) is 0 Å². The Morgan fingerprint density at radius 2 is 2.25 bits per heavy atom. The van der Waals surface area contributed by atoms with Gasteiger partial charge in [0.05, 0.1) is 17.3 Å². The first-order valence-corrected chi connectivity index (χ1v) is 6.60. The summed E-state index contributed by atoms with van der Waals surface area (Å²) in [5.74, 6) is 1.60. The molecule has 1 aliphatic rings.